The van der Waals surface area contributed by atoms with E-state index in [4.69, 9.17) is 9.47 Å². The van der Waals surface area contributed by atoms with Gasteiger partial charge < -0.3 is 9.47 Å². The third-order valence-electron chi connectivity index (χ3n) is 7.20. The highest BCUT2D eigenvalue weighted by atomic mass is 32.2. The Balaban J connectivity index is 2.37. The molecule has 0 bridgehead atoms. The highest BCUT2D eigenvalue weighted by Gasteiger charge is 2.33. The molecule has 1 aromatic heterocycles. The summed E-state index contributed by atoms with van der Waals surface area (Å²) in [7, 11) is -1.32. The van der Waals surface area contributed by atoms with Gasteiger partial charge in [0, 0.05) is 52.8 Å². The van der Waals surface area contributed by atoms with Gasteiger partial charge in [0.2, 0.25) is 0 Å². The van der Waals surface area contributed by atoms with Crippen LogP contribution in [0.1, 0.15) is 82.4 Å². The highest BCUT2D eigenvalue weighted by Crippen LogP contribution is 2.40. The zero-order valence-corrected chi connectivity index (χ0v) is 26.3. The van der Waals surface area contributed by atoms with E-state index in [2.05, 4.69) is 0 Å². The Bertz CT molecular complexity index is 1580. The van der Waals surface area contributed by atoms with Crippen molar-refractivity contribution >= 4 is 38.3 Å². The van der Waals surface area contributed by atoms with E-state index in [-0.39, 0.29) is 70.5 Å². The molecule has 0 spiro atoms. The van der Waals surface area contributed by atoms with Crippen LogP contribution in [0.15, 0.2) is 41.3 Å². The highest BCUT2D eigenvalue weighted by molar-refractivity contribution is 7.90. The van der Waals surface area contributed by atoms with Crippen LogP contribution in [0.5, 0.6) is 11.5 Å². The average Bonchev–Trinajstić information content (AvgIpc) is 3.21. The summed E-state index contributed by atoms with van der Waals surface area (Å²) in [5, 5.41) is 0.352. The molecule has 0 radical (unpaired) electrons. The van der Waals surface area contributed by atoms with Gasteiger partial charge in [0.05, 0.1) is 24.6 Å². The van der Waals surface area contributed by atoms with Gasteiger partial charge in [0.1, 0.15) is 11.6 Å². The second kappa shape index (κ2) is 11.8. The summed E-state index contributed by atoms with van der Waals surface area (Å²) < 4.78 is 40.6. The molecule has 0 atom stereocenters. The smallest absolute Gasteiger partial charge is 0.268 e. The van der Waals surface area contributed by atoms with E-state index in [1.165, 1.54) is 32.4 Å². The van der Waals surface area contributed by atoms with Gasteiger partial charge in [-0.15, -0.1) is 0 Å². The number of hydrogen-bond donors (Lipinski definition) is 0. The number of Topliss-reactive ketones (excluding diaryl/α,β-unsaturated/α-hetero) is 3. The van der Waals surface area contributed by atoms with E-state index in [9.17, 15) is 22.8 Å². The van der Waals surface area contributed by atoms with Crippen molar-refractivity contribution in [3.63, 3.8) is 0 Å². The minimum atomic E-state index is -4.22. The number of hydrogen-bond acceptors (Lipinski definition) is 7. The van der Waals surface area contributed by atoms with E-state index < -0.39 is 20.9 Å². The lowest BCUT2D eigenvalue weighted by Crippen LogP contribution is -2.23. The summed E-state index contributed by atoms with van der Waals surface area (Å²) >= 11 is 0. The number of carbonyl (C=O) groups excluding carboxylic acids is 3. The normalized spacial score (nSPS) is 12.4. The van der Waals surface area contributed by atoms with Crippen molar-refractivity contribution in [2.75, 3.05) is 14.2 Å². The Kier molecular flexibility index (Phi) is 9.23. The third-order valence-corrected chi connectivity index (χ3v) is 8.97. The first-order valence-corrected chi connectivity index (χ1v) is 15.1. The van der Waals surface area contributed by atoms with Crippen LogP contribution in [0.4, 0.5) is 0 Å². The summed E-state index contributed by atoms with van der Waals surface area (Å²) in [4.78, 5) is 39.7. The standard InChI is InChI=1S/C32H41NO7S/c1-20-10-12-21(13-11-20)41(37,38)33-23(14-16-28(35)31(2,3)4)30(25(34)15-17-29(36)32(5,6)7)22-18-26(39-8)27(40-9)19-24(22)33/h10-13,18-19H,14-17H2,1-9H3. The van der Waals surface area contributed by atoms with Gasteiger partial charge in [-0.2, -0.15) is 0 Å². The van der Waals surface area contributed by atoms with Gasteiger partial charge in [-0.1, -0.05) is 59.2 Å². The Morgan fingerprint density at radius 1 is 0.780 bits per heavy atom. The van der Waals surface area contributed by atoms with Crippen molar-refractivity contribution in [2.24, 2.45) is 10.8 Å². The van der Waals surface area contributed by atoms with Gasteiger partial charge in [0.25, 0.3) is 10.0 Å². The van der Waals surface area contributed by atoms with Crippen molar-refractivity contribution < 1.29 is 32.3 Å². The zero-order valence-electron chi connectivity index (χ0n) is 25.5. The molecule has 1 heterocycles. The average molecular weight is 584 g/mol. The van der Waals surface area contributed by atoms with E-state index in [1.807, 2.05) is 6.92 Å². The number of fused-ring (bicyclic) bond motifs is 1. The molecule has 0 N–H and O–H groups in total. The Morgan fingerprint density at radius 3 is 1.80 bits per heavy atom. The summed E-state index contributed by atoms with van der Waals surface area (Å²) in [6.07, 6.45) is -0.0603. The second-order valence-electron chi connectivity index (χ2n) is 12.4. The quantitative estimate of drug-likeness (QED) is 0.243. The number of ketones is 3. The topological polar surface area (TPSA) is 109 Å². The molecular formula is C32H41NO7S. The molecule has 0 saturated carbocycles. The van der Waals surface area contributed by atoms with Crippen molar-refractivity contribution in [3.05, 3.63) is 53.2 Å². The SMILES string of the molecule is COc1cc2c(C(=O)CCC(=O)C(C)(C)C)c(CCC(=O)C(C)(C)C)n(S(=O)(=O)c3ccc(C)cc3)c2cc1OC. The maximum atomic E-state index is 14.2. The molecule has 0 saturated heterocycles. The van der Waals surface area contributed by atoms with Crippen LogP contribution in [-0.2, 0) is 26.0 Å². The maximum Gasteiger partial charge on any atom is 0.268 e. The zero-order chi connectivity index (χ0) is 30.9. The van der Waals surface area contributed by atoms with E-state index >= 15 is 0 Å². The molecule has 2 aromatic carbocycles. The molecule has 41 heavy (non-hydrogen) atoms. The van der Waals surface area contributed by atoms with Crippen molar-refractivity contribution in [2.45, 2.75) is 79.0 Å². The summed E-state index contributed by atoms with van der Waals surface area (Å²) in [6, 6.07) is 9.56. The number of carbonyl (C=O) groups is 3. The lowest BCUT2D eigenvalue weighted by molar-refractivity contribution is -0.126. The minimum Gasteiger partial charge on any atom is -0.493 e. The lowest BCUT2D eigenvalue weighted by atomic mass is 9.86. The largest absolute Gasteiger partial charge is 0.493 e. The summed E-state index contributed by atoms with van der Waals surface area (Å²) in [5.41, 5.74) is 0.209. The first-order valence-electron chi connectivity index (χ1n) is 13.6. The van der Waals surface area contributed by atoms with E-state index in [0.717, 1.165) is 9.54 Å². The molecule has 9 heteroatoms. The summed E-state index contributed by atoms with van der Waals surface area (Å²) in [5.74, 6) is 0.0825. The molecule has 0 unspecified atom stereocenters. The predicted molar refractivity (Wildman–Crippen MR) is 160 cm³/mol. The minimum absolute atomic E-state index is 0.00731. The monoisotopic (exact) mass is 583 g/mol. The molecule has 222 valence electrons. The number of aryl methyl sites for hydroxylation is 1. The molecule has 3 rings (SSSR count). The van der Waals surface area contributed by atoms with Crippen LogP contribution in [-0.4, -0.2) is 44.0 Å². The number of rotatable bonds is 11. The molecule has 0 fully saturated rings. The molecule has 0 aliphatic rings. The van der Waals surface area contributed by atoms with Crippen LogP contribution >= 0.6 is 0 Å². The van der Waals surface area contributed by atoms with Gasteiger partial charge in [-0.05, 0) is 31.5 Å². The van der Waals surface area contributed by atoms with Crippen molar-refractivity contribution in [3.8, 4) is 11.5 Å². The molecule has 3 aromatic rings. The molecular weight excluding hydrogens is 542 g/mol. The number of benzene rings is 2. The van der Waals surface area contributed by atoms with Crippen molar-refractivity contribution in [1.29, 1.82) is 0 Å². The first-order chi connectivity index (χ1) is 18.9. The number of aromatic nitrogens is 1. The maximum absolute atomic E-state index is 14.2. The Labute approximate surface area is 243 Å². The number of nitrogens with zero attached hydrogens (tertiary/aromatic N) is 1. The van der Waals surface area contributed by atoms with E-state index in [0.29, 0.717) is 11.1 Å². The van der Waals surface area contributed by atoms with Crippen LogP contribution in [0.3, 0.4) is 0 Å². The lowest BCUT2D eigenvalue weighted by Gasteiger charge is -2.18. The van der Waals surface area contributed by atoms with Crippen LogP contribution in [0.25, 0.3) is 10.9 Å². The Morgan fingerprint density at radius 2 is 1.29 bits per heavy atom. The van der Waals surface area contributed by atoms with E-state index in [1.54, 1.807) is 59.7 Å². The van der Waals surface area contributed by atoms with Crippen molar-refractivity contribution in [1.82, 2.24) is 3.97 Å². The van der Waals surface area contributed by atoms with Gasteiger partial charge in [-0.3, -0.25) is 14.4 Å². The number of methoxy groups -OCH3 is 2. The summed E-state index contributed by atoms with van der Waals surface area (Å²) in [6.45, 7) is 12.6. The van der Waals surface area contributed by atoms with Gasteiger partial charge in [-0.25, -0.2) is 12.4 Å². The Hall–Kier alpha value is -3.46. The van der Waals surface area contributed by atoms with Gasteiger partial charge >= 0.3 is 0 Å². The second-order valence-corrected chi connectivity index (χ2v) is 14.2. The molecule has 8 nitrogen and oxygen atoms in total. The van der Waals surface area contributed by atoms with Crippen LogP contribution in [0.2, 0.25) is 0 Å². The molecule has 0 amide bonds. The fourth-order valence-electron chi connectivity index (χ4n) is 4.60. The van der Waals surface area contributed by atoms with Crippen LogP contribution < -0.4 is 9.47 Å². The fraction of sp³-hybridized carbons (Fsp3) is 0.469. The fourth-order valence-corrected chi connectivity index (χ4v) is 6.17. The van der Waals surface area contributed by atoms with Gasteiger partial charge in [0.15, 0.2) is 17.3 Å². The number of ether oxygens (including phenoxy) is 2. The van der Waals surface area contributed by atoms with Crippen LogP contribution in [0, 0.1) is 17.8 Å². The molecule has 0 aliphatic carbocycles. The first kappa shape index (κ1) is 32.1. The third kappa shape index (κ3) is 6.72. The molecule has 0 aliphatic heterocycles. The predicted octanol–water partition coefficient (Wildman–Crippen LogP) is 6.33.